The van der Waals surface area contributed by atoms with E-state index in [4.69, 9.17) is 14.0 Å². The molecule has 3 aromatic carbocycles. The van der Waals surface area contributed by atoms with Gasteiger partial charge < -0.3 is 14.6 Å². The number of nitrogens with one attached hydrogen (secondary N) is 1. The molecule has 0 radical (unpaired) electrons. The first-order valence-electron chi connectivity index (χ1n) is 13.8. The molecular formula is C33H30N4O4S2. The van der Waals surface area contributed by atoms with Gasteiger partial charge in [-0.3, -0.25) is 14.5 Å². The van der Waals surface area contributed by atoms with Crippen LogP contribution in [-0.4, -0.2) is 38.5 Å². The Bertz CT molecular complexity index is 1980. The third kappa shape index (κ3) is 6.99. The fraction of sp³-hybridized carbons (Fsp3) is 0.152. The predicted molar refractivity (Wildman–Crippen MR) is 175 cm³/mol. The molecule has 2 heterocycles. The minimum absolute atomic E-state index is 0.276. The van der Waals surface area contributed by atoms with E-state index in [2.05, 4.69) is 21.3 Å². The summed E-state index contributed by atoms with van der Waals surface area (Å²) in [7, 11) is -2.11. The van der Waals surface area contributed by atoms with Gasteiger partial charge in [0.2, 0.25) is 0 Å². The van der Waals surface area contributed by atoms with Gasteiger partial charge in [-0.1, -0.05) is 36.0 Å². The van der Waals surface area contributed by atoms with Crippen LogP contribution in [0.15, 0.2) is 121 Å². The summed E-state index contributed by atoms with van der Waals surface area (Å²) in [4.78, 5) is 12.5. The number of anilines is 2. The lowest BCUT2D eigenvalue weighted by atomic mass is 10.1. The van der Waals surface area contributed by atoms with Crippen LogP contribution >= 0.6 is 11.8 Å². The van der Waals surface area contributed by atoms with E-state index in [-0.39, 0.29) is 5.75 Å². The average Bonchev–Trinajstić information content (AvgIpc) is 3.35. The minimum Gasteiger partial charge on any atom is -0.456 e. The van der Waals surface area contributed by atoms with Gasteiger partial charge in [0.15, 0.2) is 0 Å². The third-order valence-corrected chi connectivity index (χ3v) is 9.01. The lowest BCUT2D eigenvalue weighted by molar-refractivity contribution is 0.481. The molecule has 0 spiro atoms. The molecule has 1 aliphatic carbocycles. The zero-order valence-electron chi connectivity index (χ0n) is 23.5. The Hall–Kier alpha value is -4.38. The molecule has 2 N–H and O–H groups in total. The van der Waals surface area contributed by atoms with Gasteiger partial charge >= 0.3 is 0 Å². The van der Waals surface area contributed by atoms with E-state index in [1.54, 1.807) is 18.0 Å². The molecule has 0 atom stereocenters. The molecule has 8 nitrogen and oxygen atoms in total. The molecule has 0 saturated carbocycles. The molecule has 3 aliphatic rings. The number of hydrogen-bond acceptors (Lipinski definition) is 8. The van der Waals surface area contributed by atoms with E-state index < -0.39 is 10.1 Å². The van der Waals surface area contributed by atoms with Crippen LogP contribution in [0.3, 0.4) is 0 Å². The van der Waals surface area contributed by atoms with Crippen molar-refractivity contribution in [2.75, 3.05) is 29.6 Å². The quantitative estimate of drug-likeness (QED) is 0.104. The topological polar surface area (TPSA) is 108 Å². The first kappa shape index (κ1) is 28.7. The number of nitrogens with zero attached hydrogens (tertiary/aromatic N) is 3. The highest BCUT2D eigenvalue weighted by molar-refractivity contribution is 8.03. The van der Waals surface area contributed by atoms with E-state index in [0.29, 0.717) is 19.5 Å². The Morgan fingerprint density at radius 1 is 1.00 bits per heavy atom. The van der Waals surface area contributed by atoms with Crippen molar-refractivity contribution < 1.29 is 17.4 Å². The lowest BCUT2D eigenvalue weighted by Crippen LogP contribution is -2.21. The summed E-state index contributed by atoms with van der Waals surface area (Å²) < 4.78 is 37.7. The number of fused-ring (bicyclic) bond motifs is 3. The van der Waals surface area contributed by atoms with Crippen LogP contribution in [0, 0.1) is 0 Å². The maximum absolute atomic E-state index is 11.2. The second kappa shape index (κ2) is 12.5. The molecule has 10 heteroatoms. The standard InChI is InChI=1S/C33H30N4O4S2/c1-34-27-13-9-24-19-25-10-14-28(21-31(25)41-30(24)20-27)36-22-23-7-11-26(12-8-23)35-16-15-33-37(17-4-18-43(38,39)40)29-5-2-3-6-32(29)42-33/h2-3,5-16,19-21,34H,4,17-18,22H2,1H3,(H,38,39,40)/b33-15-,35-16+,36-28-. The summed E-state index contributed by atoms with van der Waals surface area (Å²) in [6.07, 6.45) is 4.00. The molecular weight excluding hydrogens is 581 g/mol. The largest absolute Gasteiger partial charge is 0.456 e. The van der Waals surface area contributed by atoms with Crippen molar-refractivity contribution in [1.29, 1.82) is 0 Å². The highest BCUT2D eigenvalue weighted by Crippen LogP contribution is 2.45. The molecule has 3 aromatic rings. The highest BCUT2D eigenvalue weighted by Gasteiger charge is 2.24. The summed E-state index contributed by atoms with van der Waals surface area (Å²) in [5.41, 5.74) is 5.76. The number of allylic oxidation sites excluding steroid dienone is 1. The number of thioether (sulfide) groups is 1. The molecule has 0 fully saturated rings. The Labute approximate surface area is 254 Å². The maximum atomic E-state index is 11.2. The molecule has 43 heavy (non-hydrogen) atoms. The molecule has 0 aromatic heterocycles. The maximum Gasteiger partial charge on any atom is 0.264 e. The molecule has 6 rings (SSSR count). The second-order valence-electron chi connectivity index (χ2n) is 10.1. The van der Waals surface area contributed by atoms with Crippen LogP contribution in [0.1, 0.15) is 12.0 Å². The molecule has 2 aliphatic heterocycles. The SMILES string of the molecule is CNc1ccc2cc3cc/c(=N/Cc4ccc(/N=C/C=C5\Sc6ccccc6N5CCCS(=O)(=O)O)cc4)cc-3oc2c1. The summed E-state index contributed by atoms with van der Waals surface area (Å²) >= 11 is 1.61. The molecule has 0 unspecified atom stereocenters. The zero-order valence-corrected chi connectivity index (χ0v) is 25.1. The number of rotatable bonds is 9. The summed E-state index contributed by atoms with van der Waals surface area (Å²) in [6, 6.07) is 30.1. The zero-order chi connectivity index (χ0) is 29.8. The number of benzene rings is 4. The van der Waals surface area contributed by atoms with E-state index in [1.165, 1.54) is 0 Å². The van der Waals surface area contributed by atoms with Crippen molar-refractivity contribution in [3.8, 4) is 11.3 Å². The fourth-order valence-corrected chi connectivity index (χ4v) is 6.46. The first-order valence-corrected chi connectivity index (χ1v) is 16.3. The second-order valence-corrected chi connectivity index (χ2v) is 12.7. The van der Waals surface area contributed by atoms with Gasteiger partial charge in [-0.25, -0.2) is 0 Å². The van der Waals surface area contributed by atoms with Crippen LogP contribution in [-0.2, 0) is 16.7 Å². The van der Waals surface area contributed by atoms with Crippen molar-refractivity contribution in [1.82, 2.24) is 0 Å². The fourth-order valence-electron chi connectivity index (χ4n) is 4.88. The van der Waals surface area contributed by atoms with E-state index in [0.717, 1.165) is 60.2 Å². The Balaban J connectivity index is 1.13. The van der Waals surface area contributed by atoms with Crippen molar-refractivity contribution in [2.24, 2.45) is 9.98 Å². The lowest BCUT2D eigenvalue weighted by Gasteiger charge is -2.19. The molecule has 218 valence electrons. The van der Waals surface area contributed by atoms with Crippen molar-refractivity contribution in [3.05, 3.63) is 113 Å². The predicted octanol–water partition coefficient (Wildman–Crippen LogP) is 7.11. The van der Waals surface area contributed by atoms with Gasteiger partial charge in [-0.2, -0.15) is 8.42 Å². The molecule has 0 saturated heterocycles. The van der Waals surface area contributed by atoms with Gasteiger partial charge in [-0.05, 0) is 72.7 Å². The number of para-hydroxylation sites is 1. The number of hydrogen-bond donors (Lipinski definition) is 2. The van der Waals surface area contributed by atoms with Crippen LogP contribution < -0.4 is 15.6 Å². The van der Waals surface area contributed by atoms with Crippen molar-refractivity contribution in [2.45, 2.75) is 17.9 Å². The van der Waals surface area contributed by atoms with Crippen LogP contribution in [0.25, 0.3) is 22.3 Å². The van der Waals surface area contributed by atoms with Gasteiger partial charge in [0.25, 0.3) is 10.1 Å². The van der Waals surface area contributed by atoms with Crippen molar-refractivity contribution >= 4 is 56.1 Å². The van der Waals surface area contributed by atoms with Crippen LogP contribution in [0.4, 0.5) is 17.1 Å². The Kier molecular flexibility index (Phi) is 8.33. The normalized spacial score (nSPS) is 14.8. The van der Waals surface area contributed by atoms with Gasteiger partial charge in [0.1, 0.15) is 11.3 Å². The van der Waals surface area contributed by atoms with Gasteiger partial charge in [0.05, 0.1) is 34.1 Å². The van der Waals surface area contributed by atoms with E-state index in [1.807, 2.05) is 98.1 Å². The molecule has 0 bridgehead atoms. The van der Waals surface area contributed by atoms with Crippen molar-refractivity contribution in [3.63, 3.8) is 0 Å². The third-order valence-electron chi connectivity index (χ3n) is 7.07. The molecule has 0 amide bonds. The summed E-state index contributed by atoms with van der Waals surface area (Å²) in [5, 5.41) is 6.00. The van der Waals surface area contributed by atoms with Gasteiger partial charge in [0, 0.05) is 53.5 Å². The average molecular weight is 611 g/mol. The smallest absolute Gasteiger partial charge is 0.264 e. The van der Waals surface area contributed by atoms with E-state index >= 15 is 0 Å². The van der Waals surface area contributed by atoms with Crippen LogP contribution in [0.2, 0.25) is 0 Å². The first-order chi connectivity index (χ1) is 20.8. The Morgan fingerprint density at radius 3 is 2.65 bits per heavy atom. The minimum atomic E-state index is -4.00. The monoisotopic (exact) mass is 610 g/mol. The van der Waals surface area contributed by atoms with E-state index in [9.17, 15) is 8.42 Å². The summed E-state index contributed by atoms with van der Waals surface area (Å²) in [5.74, 6) is 0.517. The highest BCUT2D eigenvalue weighted by atomic mass is 32.2. The van der Waals surface area contributed by atoms with Crippen LogP contribution in [0.5, 0.6) is 0 Å². The van der Waals surface area contributed by atoms with Gasteiger partial charge in [-0.15, -0.1) is 0 Å². The summed E-state index contributed by atoms with van der Waals surface area (Å²) in [6.45, 7) is 1.01. The number of aliphatic imine (C=N–C) groups is 1. The Morgan fingerprint density at radius 2 is 1.84 bits per heavy atom.